The molecule has 0 saturated heterocycles. The van der Waals surface area contributed by atoms with Gasteiger partial charge in [-0.3, -0.25) is 0 Å². The maximum atomic E-state index is 10.5. The maximum absolute atomic E-state index is 10.5. The van der Waals surface area contributed by atoms with E-state index < -0.39 is 11.9 Å². The minimum absolute atomic E-state index is 0.186. The van der Waals surface area contributed by atoms with Gasteiger partial charge in [0.1, 0.15) is 0 Å². The lowest BCUT2D eigenvalue weighted by molar-refractivity contribution is -0.132. The number of hydrogen-bond acceptors (Lipinski definition) is 2. The summed E-state index contributed by atoms with van der Waals surface area (Å²) in [6, 6.07) is 0. The summed E-state index contributed by atoms with van der Waals surface area (Å²) in [4.78, 5) is 20.9. The molecule has 0 aromatic rings. The van der Waals surface area contributed by atoms with E-state index in [1.165, 1.54) is 6.08 Å². The third-order valence-corrected chi connectivity index (χ3v) is 3.49. The molecule has 0 aliphatic heterocycles. The van der Waals surface area contributed by atoms with Crippen molar-refractivity contribution in [1.29, 1.82) is 0 Å². The summed E-state index contributed by atoms with van der Waals surface area (Å²) in [5.74, 6) is -1.69. The van der Waals surface area contributed by atoms with Crippen molar-refractivity contribution in [3.05, 3.63) is 95.7 Å². The van der Waals surface area contributed by atoms with Gasteiger partial charge < -0.3 is 10.2 Å². The van der Waals surface area contributed by atoms with Crippen LogP contribution in [0.15, 0.2) is 95.7 Å². The number of carbonyl (C=O) groups is 2. The van der Waals surface area contributed by atoms with Crippen LogP contribution in [-0.2, 0) is 9.59 Å². The van der Waals surface area contributed by atoms with Crippen molar-refractivity contribution in [2.24, 2.45) is 5.92 Å². The minimum Gasteiger partial charge on any atom is -0.478 e. The van der Waals surface area contributed by atoms with Crippen molar-refractivity contribution >= 4 is 11.9 Å². The smallest absolute Gasteiger partial charge is 0.328 e. The molecule has 1 unspecified atom stereocenters. The predicted molar refractivity (Wildman–Crippen MR) is 116 cm³/mol. The minimum atomic E-state index is -0.958. The largest absolute Gasteiger partial charge is 0.478 e. The standard InChI is InChI=1S/C24H30O4/c1-19(11-7-13-21(3)15-17-23(25)26)9-5-6-10-20(2)12-8-14-22(4)16-18-24(27)28/h5-13,15-18,22H,14H2,1-4H3,(H,25,26)(H,27,28). The first-order valence-corrected chi connectivity index (χ1v) is 9.06. The fourth-order valence-corrected chi connectivity index (χ4v) is 1.93. The Hall–Kier alpha value is -3.14. The van der Waals surface area contributed by atoms with E-state index in [-0.39, 0.29) is 5.92 Å². The summed E-state index contributed by atoms with van der Waals surface area (Å²) in [6.45, 7) is 7.81. The van der Waals surface area contributed by atoms with Crippen LogP contribution < -0.4 is 0 Å². The Morgan fingerprint density at radius 2 is 1.21 bits per heavy atom. The van der Waals surface area contributed by atoms with E-state index in [2.05, 4.69) is 0 Å². The summed E-state index contributed by atoms with van der Waals surface area (Å²) in [5.41, 5.74) is 3.04. The third kappa shape index (κ3) is 16.3. The Bertz CT molecular complexity index is 753. The molecule has 0 bridgehead atoms. The molecule has 0 spiro atoms. The van der Waals surface area contributed by atoms with Crippen molar-refractivity contribution in [3.8, 4) is 0 Å². The molecule has 28 heavy (non-hydrogen) atoms. The quantitative estimate of drug-likeness (QED) is 0.350. The van der Waals surface area contributed by atoms with Gasteiger partial charge in [-0.2, -0.15) is 0 Å². The van der Waals surface area contributed by atoms with E-state index in [0.29, 0.717) is 0 Å². The highest BCUT2D eigenvalue weighted by Gasteiger charge is 1.94. The number of aliphatic carboxylic acids is 2. The van der Waals surface area contributed by atoms with Gasteiger partial charge in [-0.15, -0.1) is 0 Å². The van der Waals surface area contributed by atoms with Crippen LogP contribution in [0.1, 0.15) is 34.1 Å². The molecule has 0 fully saturated rings. The molecule has 0 rings (SSSR count). The summed E-state index contributed by atoms with van der Waals surface area (Å²) >= 11 is 0. The van der Waals surface area contributed by atoms with Crippen molar-refractivity contribution in [2.75, 3.05) is 0 Å². The molecule has 0 saturated carbocycles. The number of rotatable bonds is 11. The molecular weight excluding hydrogens is 352 g/mol. The van der Waals surface area contributed by atoms with Crippen molar-refractivity contribution in [1.82, 2.24) is 0 Å². The highest BCUT2D eigenvalue weighted by molar-refractivity contribution is 5.80. The van der Waals surface area contributed by atoms with Crippen molar-refractivity contribution < 1.29 is 19.8 Å². The molecule has 4 nitrogen and oxygen atoms in total. The van der Waals surface area contributed by atoms with Gasteiger partial charge in [-0.1, -0.05) is 90.5 Å². The Kier molecular flexibility index (Phi) is 13.3. The van der Waals surface area contributed by atoms with E-state index >= 15 is 0 Å². The molecule has 150 valence electrons. The summed E-state index contributed by atoms with van der Waals surface area (Å²) < 4.78 is 0. The molecule has 0 aliphatic rings. The van der Waals surface area contributed by atoms with E-state index in [1.807, 2.05) is 82.4 Å². The van der Waals surface area contributed by atoms with Crippen LogP contribution in [0.3, 0.4) is 0 Å². The first-order valence-electron chi connectivity index (χ1n) is 9.06. The Morgan fingerprint density at radius 3 is 1.79 bits per heavy atom. The van der Waals surface area contributed by atoms with E-state index in [0.717, 1.165) is 29.2 Å². The lowest BCUT2D eigenvalue weighted by Gasteiger charge is -1.99. The molecule has 0 aliphatic carbocycles. The van der Waals surface area contributed by atoms with Crippen LogP contribution in [-0.4, -0.2) is 22.2 Å². The van der Waals surface area contributed by atoms with Gasteiger partial charge in [-0.25, -0.2) is 9.59 Å². The second kappa shape index (κ2) is 15.0. The molecule has 1 atom stereocenters. The van der Waals surface area contributed by atoms with Crippen LogP contribution >= 0.6 is 0 Å². The number of carboxylic acids is 2. The van der Waals surface area contributed by atoms with Gasteiger partial charge in [0, 0.05) is 12.2 Å². The van der Waals surface area contributed by atoms with Gasteiger partial charge in [0.05, 0.1) is 0 Å². The van der Waals surface area contributed by atoms with E-state index in [9.17, 15) is 9.59 Å². The molecular formula is C24H30O4. The number of hydrogen-bond donors (Lipinski definition) is 2. The zero-order chi connectivity index (χ0) is 21.4. The fourth-order valence-electron chi connectivity index (χ4n) is 1.93. The SMILES string of the molecule is CC(C=CC=C(C)C=CC(=O)O)=CC=CC=C(C)C=CCC(C)C=CC(=O)O. The van der Waals surface area contributed by atoms with Crippen LogP contribution in [0.5, 0.6) is 0 Å². The van der Waals surface area contributed by atoms with Crippen molar-refractivity contribution in [2.45, 2.75) is 34.1 Å². The van der Waals surface area contributed by atoms with Crippen molar-refractivity contribution in [3.63, 3.8) is 0 Å². The molecule has 0 heterocycles. The lowest BCUT2D eigenvalue weighted by atomic mass is 10.1. The molecule has 0 aromatic carbocycles. The van der Waals surface area contributed by atoms with Crippen LogP contribution in [0.2, 0.25) is 0 Å². The zero-order valence-corrected chi connectivity index (χ0v) is 17.0. The van der Waals surface area contributed by atoms with Crippen LogP contribution in [0, 0.1) is 5.92 Å². The molecule has 0 amide bonds. The fraction of sp³-hybridized carbons (Fsp3) is 0.250. The Morgan fingerprint density at radius 1 is 0.714 bits per heavy atom. The van der Waals surface area contributed by atoms with E-state index in [4.69, 9.17) is 10.2 Å². The van der Waals surface area contributed by atoms with Gasteiger partial charge in [0.15, 0.2) is 0 Å². The third-order valence-electron chi connectivity index (χ3n) is 3.49. The van der Waals surface area contributed by atoms with Gasteiger partial charge in [-0.05, 0) is 33.1 Å². The number of allylic oxidation sites excluding steroid dienone is 14. The normalized spacial score (nSPS) is 15.6. The molecule has 0 radical (unpaired) electrons. The van der Waals surface area contributed by atoms with Crippen LogP contribution in [0.4, 0.5) is 0 Å². The highest BCUT2D eigenvalue weighted by atomic mass is 16.4. The summed E-state index contributed by atoms with van der Waals surface area (Å²) in [6.07, 6.45) is 24.0. The molecule has 4 heteroatoms. The maximum Gasteiger partial charge on any atom is 0.328 e. The second-order valence-electron chi connectivity index (χ2n) is 6.46. The average molecular weight is 383 g/mol. The Balaban J connectivity index is 4.53. The predicted octanol–water partition coefficient (Wildman–Crippen LogP) is 5.80. The first-order chi connectivity index (χ1) is 13.2. The first kappa shape index (κ1) is 24.9. The Labute approximate surface area is 168 Å². The lowest BCUT2D eigenvalue weighted by Crippen LogP contribution is -1.91. The summed E-state index contributed by atoms with van der Waals surface area (Å²) in [5, 5.41) is 17.2. The zero-order valence-electron chi connectivity index (χ0n) is 17.0. The van der Waals surface area contributed by atoms with Crippen LogP contribution in [0.25, 0.3) is 0 Å². The monoisotopic (exact) mass is 382 g/mol. The van der Waals surface area contributed by atoms with Gasteiger partial charge in [0.2, 0.25) is 0 Å². The highest BCUT2D eigenvalue weighted by Crippen LogP contribution is 2.07. The second-order valence-corrected chi connectivity index (χ2v) is 6.46. The summed E-state index contributed by atoms with van der Waals surface area (Å²) in [7, 11) is 0. The topological polar surface area (TPSA) is 74.6 Å². The average Bonchev–Trinajstić information content (AvgIpc) is 2.61. The van der Waals surface area contributed by atoms with E-state index in [1.54, 1.807) is 12.2 Å². The van der Waals surface area contributed by atoms with Gasteiger partial charge >= 0.3 is 11.9 Å². The molecule has 0 aromatic heterocycles. The van der Waals surface area contributed by atoms with Gasteiger partial charge in [0.25, 0.3) is 0 Å². The molecule has 2 N–H and O–H groups in total. The number of carboxylic acid groups (broad SMARTS) is 2.